The van der Waals surface area contributed by atoms with Crippen LogP contribution in [0.5, 0.6) is 0 Å². The number of likely N-dealkylation sites (N-methyl/N-ethyl adjacent to an activating group) is 1. The molecule has 3 rings (SSSR count). The Kier molecular flexibility index (Phi) is 4.49. The molecule has 1 aromatic rings. The van der Waals surface area contributed by atoms with Crippen LogP contribution in [0.15, 0.2) is 12.4 Å². The second-order valence-electron chi connectivity index (χ2n) is 7.00. The smallest absolute Gasteiger partial charge is 0.222 e. The number of hydrogen-bond donors (Lipinski definition) is 2. The van der Waals surface area contributed by atoms with E-state index >= 15 is 0 Å². The monoisotopic (exact) mass is 306 g/mol. The zero-order valence-corrected chi connectivity index (χ0v) is 13.4. The summed E-state index contributed by atoms with van der Waals surface area (Å²) in [4.78, 5) is 16.5. The first kappa shape index (κ1) is 15.5. The number of carbonyl (C=O) groups excluding carboxylic acids is 1. The molecule has 0 radical (unpaired) electrons. The van der Waals surface area contributed by atoms with Crippen LogP contribution in [0.25, 0.3) is 0 Å². The largest absolute Gasteiger partial charge is 0.391 e. The Labute approximate surface area is 131 Å². The van der Waals surface area contributed by atoms with Crippen molar-refractivity contribution in [3.05, 3.63) is 18.0 Å². The fourth-order valence-electron chi connectivity index (χ4n) is 3.99. The average Bonchev–Trinajstić information content (AvgIpc) is 3.12. The molecule has 1 aromatic heterocycles. The summed E-state index contributed by atoms with van der Waals surface area (Å²) in [6.07, 6.45) is 6.44. The van der Waals surface area contributed by atoms with Crippen molar-refractivity contribution in [2.45, 2.75) is 37.8 Å². The first-order valence-electron chi connectivity index (χ1n) is 8.14. The van der Waals surface area contributed by atoms with Crippen LogP contribution in [0.1, 0.15) is 24.8 Å². The Balaban J connectivity index is 1.54. The Morgan fingerprint density at radius 3 is 2.77 bits per heavy atom. The fourth-order valence-corrected chi connectivity index (χ4v) is 3.99. The van der Waals surface area contributed by atoms with Crippen LogP contribution in [0.4, 0.5) is 0 Å². The van der Waals surface area contributed by atoms with E-state index in [-0.39, 0.29) is 18.1 Å². The molecule has 2 fully saturated rings. The predicted molar refractivity (Wildman–Crippen MR) is 83.2 cm³/mol. The van der Waals surface area contributed by atoms with Gasteiger partial charge in [0.2, 0.25) is 5.91 Å². The van der Waals surface area contributed by atoms with E-state index in [9.17, 15) is 9.90 Å². The maximum absolute atomic E-state index is 12.4. The lowest BCUT2D eigenvalue weighted by atomic mass is 9.77. The minimum atomic E-state index is -0.266. The van der Waals surface area contributed by atoms with Crippen LogP contribution in [-0.4, -0.2) is 70.3 Å². The summed E-state index contributed by atoms with van der Waals surface area (Å²) < 4.78 is 0. The molecule has 0 aromatic carbocycles. The number of aliphatic hydroxyl groups is 1. The highest BCUT2D eigenvalue weighted by molar-refractivity contribution is 5.76. The summed E-state index contributed by atoms with van der Waals surface area (Å²) in [6.45, 7) is 1.66. The zero-order valence-electron chi connectivity index (χ0n) is 13.4. The number of nitrogens with zero attached hydrogens (tertiary/aromatic N) is 3. The van der Waals surface area contributed by atoms with Gasteiger partial charge in [-0.2, -0.15) is 5.10 Å². The molecule has 6 heteroatoms. The Bertz CT molecular complexity index is 502. The lowest BCUT2D eigenvalue weighted by Gasteiger charge is -2.38. The van der Waals surface area contributed by atoms with E-state index in [0.717, 1.165) is 37.9 Å². The van der Waals surface area contributed by atoms with E-state index in [1.807, 2.05) is 25.2 Å². The number of nitrogens with one attached hydrogen (secondary N) is 1. The van der Waals surface area contributed by atoms with Crippen LogP contribution in [0.2, 0.25) is 0 Å². The maximum atomic E-state index is 12.4. The molecule has 2 heterocycles. The Morgan fingerprint density at radius 2 is 2.14 bits per heavy atom. The number of fused-ring (bicyclic) bond motifs is 1. The molecule has 122 valence electrons. The number of amides is 1. The molecular weight excluding hydrogens is 280 g/mol. The van der Waals surface area contributed by atoms with Crippen molar-refractivity contribution in [1.82, 2.24) is 20.0 Å². The van der Waals surface area contributed by atoms with Gasteiger partial charge >= 0.3 is 0 Å². The van der Waals surface area contributed by atoms with Crippen molar-refractivity contribution in [1.29, 1.82) is 0 Å². The summed E-state index contributed by atoms with van der Waals surface area (Å²) in [6, 6.07) is 0.224. The van der Waals surface area contributed by atoms with Gasteiger partial charge < -0.3 is 14.9 Å². The molecule has 0 bridgehead atoms. The molecule has 1 aliphatic heterocycles. The molecule has 0 spiro atoms. The quantitative estimate of drug-likeness (QED) is 0.850. The van der Waals surface area contributed by atoms with Crippen molar-refractivity contribution >= 4 is 5.91 Å². The van der Waals surface area contributed by atoms with Gasteiger partial charge in [-0.1, -0.05) is 0 Å². The number of carbonyl (C=O) groups is 1. The minimum Gasteiger partial charge on any atom is -0.391 e. The molecule has 6 nitrogen and oxygen atoms in total. The van der Waals surface area contributed by atoms with E-state index in [1.165, 1.54) is 0 Å². The van der Waals surface area contributed by atoms with Gasteiger partial charge in [0.15, 0.2) is 0 Å². The second-order valence-corrected chi connectivity index (χ2v) is 7.00. The van der Waals surface area contributed by atoms with E-state index in [2.05, 4.69) is 15.1 Å². The van der Waals surface area contributed by atoms with E-state index in [0.29, 0.717) is 18.3 Å². The van der Waals surface area contributed by atoms with E-state index < -0.39 is 0 Å². The average molecular weight is 306 g/mol. The van der Waals surface area contributed by atoms with Gasteiger partial charge in [-0.05, 0) is 50.8 Å². The highest BCUT2D eigenvalue weighted by Gasteiger charge is 2.43. The molecular formula is C16H26N4O2. The molecule has 1 amide bonds. The molecule has 2 aliphatic rings. The molecule has 1 saturated carbocycles. The maximum Gasteiger partial charge on any atom is 0.222 e. The van der Waals surface area contributed by atoms with Crippen LogP contribution < -0.4 is 0 Å². The number of aromatic nitrogens is 2. The molecule has 2 N–H and O–H groups in total. The number of aliphatic hydroxyl groups excluding tert-OH is 1. The first-order valence-corrected chi connectivity index (χ1v) is 8.14. The third kappa shape index (κ3) is 3.17. The van der Waals surface area contributed by atoms with E-state index in [4.69, 9.17) is 0 Å². The van der Waals surface area contributed by atoms with Crippen LogP contribution in [-0.2, 0) is 11.2 Å². The van der Waals surface area contributed by atoms with Gasteiger partial charge in [-0.25, -0.2) is 0 Å². The minimum absolute atomic E-state index is 0.224. The standard InChI is InChI=1S/C16H26N4O2/c1-19(2)14-5-12-9-20(10-13(12)6-15(14)21)16(22)4-3-11-7-17-18-8-11/h7-8,12-15,21H,3-6,9-10H2,1-2H3,(H,17,18)/t12-,13+,14-,15-/m1/s1. The van der Waals surface area contributed by atoms with Crippen LogP contribution in [0, 0.1) is 11.8 Å². The molecule has 1 saturated heterocycles. The van der Waals surface area contributed by atoms with Gasteiger partial charge in [0.05, 0.1) is 12.3 Å². The topological polar surface area (TPSA) is 72.5 Å². The predicted octanol–water partition coefficient (Wildman–Crippen LogP) is 0.502. The van der Waals surface area contributed by atoms with Gasteiger partial charge in [0.1, 0.15) is 0 Å². The van der Waals surface area contributed by atoms with Gasteiger partial charge in [-0.3, -0.25) is 9.89 Å². The number of aryl methyl sites for hydroxylation is 1. The Hall–Kier alpha value is -1.40. The third-order valence-electron chi connectivity index (χ3n) is 5.31. The molecule has 0 unspecified atom stereocenters. The zero-order chi connectivity index (χ0) is 15.7. The highest BCUT2D eigenvalue weighted by Crippen LogP contribution is 2.38. The number of rotatable bonds is 4. The van der Waals surface area contributed by atoms with Crippen molar-refractivity contribution < 1.29 is 9.90 Å². The van der Waals surface area contributed by atoms with Crippen LogP contribution in [0.3, 0.4) is 0 Å². The summed E-state index contributed by atoms with van der Waals surface area (Å²) in [7, 11) is 4.05. The van der Waals surface area contributed by atoms with Gasteiger partial charge in [0.25, 0.3) is 0 Å². The summed E-state index contributed by atoms with van der Waals surface area (Å²) in [5.41, 5.74) is 1.08. The fraction of sp³-hybridized carbons (Fsp3) is 0.750. The highest BCUT2D eigenvalue weighted by atomic mass is 16.3. The lowest BCUT2D eigenvalue weighted by molar-refractivity contribution is -0.130. The van der Waals surface area contributed by atoms with Crippen LogP contribution >= 0.6 is 0 Å². The SMILES string of the molecule is CN(C)[C@@H]1C[C@@H]2CN(C(=O)CCc3cn[nH]c3)C[C@@H]2C[C@H]1O. The summed E-state index contributed by atoms with van der Waals surface area (Å²) in [5, 5.41) is 17.0. The number of hydrogen-bond acceptors (Lipinski definition) is 4. The van der Waals surface area contributed by atoms with Crippen molar-refractivity contribution in [3.8, 4) is 0 Å². The van der Waals surface area contributed by atoms with E-state index in [1.54, 1.807) is 6.20 Å². The summed E-state index contributed by atoms with van der Waals surface area (Å²) in [5.74, 6) is 1.23. The normalized spacial score (nSPS) is 31.5. The first-order chi connectivity index (χ1) is 10.5. The number of H-pyrrole nitrogens is 1. The van der Waals surface area contributed by atoms with Gasteiger partial charge in [0, 0.05) is 31.7 Å². The van der Waals surface area contributed by atoms with Crippen molar-refractivity contribution in [3.63, 3.8) is 0 Å². The summed E-state index contributed by atoms with van der Waals surface area (Å²) >= 11 is 0. The number of likely N-dealkylation sites (tertiary alicyclic amines) is 1. The van der Waals surface area contributed by atoms with Crippen molar-refractivity contribution in [2.24, 2.45) is 11.8 Å². The second kappa shape index (κ2) is 6.38. The van der Waals surface area contributed by atoms with Gasteiger partial charge in [-0.15, -0.1) is 0 Å². The lowest BCUT2D eigenvalue weighted by Crippen LogP contribution is -2.46. The molecule has 1 aliphatic carbocycles. The molecule has 4 atom stereocenters. The molecule has 22 heavy (non-hydrogen) atoms. The number of aromatic amines is 1. The third-order valence-corrected chi connectivity index (χ3v) is 5.31. The van der Waals surface area contributed by atoms with Crippen molar-refractivity contribution in [2.75, 3.05) is 27.2 Å². The Morgan fingerprint density at radius 1 is 1.41 bits per heavy atom.